The van der Waals surface area contributed by atoms with E-state index in [1.807, 2.05) is 17.2 Å². The number of halogens is 1. The number of fused-ring (bicyclic) bond motifs is 1. The van der Waals surface area contributed by atoms with E-state index in [1.165, 1.54) is 55.4 Å². The second-order valence-electron chi connectivity index (χ2n) is 8.40. The number of carbonyl (C=O) groups is 1. The number of piperazine rings is 1. The van der Waals surface area contributed by atoms with Gasteiger partial charge >= 0.3 is 0 Å². The topological polar surface area (TPSA) is 97.3 Å². The maximum absolute atomic E-state index is 13.2. The Morgan fingerprint density at radius 3 is 2.36 bits per heavy atom. The molecule has 0 amide bonds. The third-order valence-electron chi connectivity index (χ3n) is 6.17. The van der Waals surface area contributed by atoms with Crippen molar-refractivity contribution in [2.24, 2.45) is 6.98 Å². The molecule has 1 aliphatic heterocycles. The summed E-state index contributed by atoms with van der Waals surface area (Å²) in [5, 5.41) is 8.28. The normalized spacial score (nSPS) is 15.5. The van der Waals surface area contributed by atoms with Crippen LogP contribution in [0, 0.1) is 5.82 Å². The predicted molar refractivity (Wildman–Crippen MR) is 131 cm³/mol. The molecule has 4 aromatic heterocycles. The van der Waals surface area contributed by atoms with Crippen molar-refractivity contribution in [3.05, 3.63) is 84.6 Å². The summed E-state index contributed by atoms with van der Waals surface area (Å²) in [6.45, 7) is 0.248. The van der Waals surface area contributed by atoms with Crippen molar-refractivity contribution in [2.75, 3.05) is 36.0 Å². The van der Waals surface area contributed by atoms with E-state index < -0.39 is 12.8 Å². The number of rotatable bonds is 5. The minimum atomic E-state index is -2.34. The van der Waals surface area contributed by atoms with Crippen LogP contribution < -0.4 is 9.80 Å². The zero-order chi connectivity index (χ0) is 27.1. The summed E-state index contributed by atoms with van der Waals surface area (Å²) in [5.74, 6) is 0.617. The first-order chi connectivity index (χ1) is 18.8. The highest BCUT2D eigenvalue weighted by Crippen LogP contribution is 2.27. The van der Waals surface area contributed by atoms with Crippen LogP contribution in [-0.2, 0) is 6.98 Å². The zero-order valence-corrected chi connectivity index (χ0v) is 19.0. The van der Waals surface area contributed by atoms with E-state index in [1.54, 1.807) is 4.52 Å². The van der Waals surface area contributed by atoms with Crippen molar-refractivity contribution >= 4 is 23.1 Å². The summed E-state index contributed by atoms with van der Waals surface area (Å²) in [4.78, 5) is 30.1. The Morgan fingerprint density at radius 1 is 0.889 bits per heavy atom. The molecule has 0 saturated carbocycles. The molecule has 0 unspecified atom stereocenters. The van der Waals surface area contributed by atoms with Crippen molar-refractivity contribution in [1.29, 1.82) is 0 Å². The lowest BCUT2D eigenvalue weighted by Gasteiger charge is -2.35. The molecule has 0 spiro atoms. The highest BCUT2D eigenvalue weighted by Gasteiger charge is 2.23. The van der Waals surface area contributed by atoms with E-state index in [4.69, 9.17) is 4.11 Å². The van der Waals surface area contributed by atoms with Crippen LogP contribution in [0.3, 0.4) is 0 Å². The number of hydrogen-bond acceptors (Lipinski definition) is 8. The summed E-state index contributed by atoms with van der Waals surface area (Å²) in [6.07, 6.45) is 9.30. The Kier molecular flexibility index (Phi) is 4.57. The molecule has 36 heavy (non-hydrogen) atoms. The third kappa shape index (κ3) is 4.04. The molecule has 5 aromatic rings. The summed E-state index contributed by atoms with van der Waals surface area (Å²) >= 11 is 0. The molecule has 0 aliphatic carbocycles. The van der Waals surface area contributed by atoms with Crippen LogP contribution in [0.5, 0.6) is 0 Å². The molecule has 1 aromatic carbocycles. The molecule has 1 aliphatic rings. The summed E-state index contributed by atoms with van der Waals surface area (Å²) in [7, 11) is 0. The third-order valence-corrected chi connectivity index (χ3v) is 6.17. The van der Waals surface area contributed by atoms with Gasteiger partial charge in [0.05, 0.1) is 11.8 Å². The quantitative estimate of drug-likeness (QED) is 0.350. The minimum Gasteiger partial charge on any atom is -0.351 e. The number of ketones is 1. The molecule has 10 nitrogen and oxygen atoms in total. The lowest BCUT2D eigenvalue weighted by Crippen LogP contribution is -2.47. The van der Waals surface area contributed by atoms with Crippen LogP contribution in [0.25, 0.3) is 16.6 Å². The first kappa shape index (κ1) is 18.6. The number of benzene rings is 1. The van der Waals surface area contributed by atoms with E-state index in [2.05, 4.69) is 30.0 Å². The van der Waals surface area contributed by atoms with Gasteiger partial charge in [-0.1, -0.05) is 0 Å². The first-order valence-electron chi connectivity index (χ1n) is 12.8. The largest absolute Gasteiger partial charge is 0.351 e. The van der Waals surface area contributed by atoms with Crippen LogP contribution in [0.15, 0.2) is 67.6 Å². The number of aromatic nitrogens is 7. The Bertz CT molecular complexity index is 1640. The SMILES string of the molecule is [2H]C([2H])([2H])n1cc(-c2cc3c(N4CCN(c5ncc(C(=O)c6ccc(F)cc6)cn5)CC4)ncnn3c2)cn1. The van der Waals surface area contributed by atoms with Crippen molar-refractivity contribution in [3.63, 3.8) is 0 Å². The number of aryl methyl sites for hydroxylation is 1. The molecule has 11 heteroatoms. The molecular weight excluding hydrogens is 461 g/mol. The number of carbonyl (C=O) groups excluding carboxylic acids is 1. The van der Waals surface area contributed by atoms with Gasteiger partial charge < -0.3 is 9.80 Å². The smallest absolute Gasteiger partial charge is 0.225 e. The molecular formula is C25H22FN9O. The Hall–Kier alpha value is -4.67. The van der Waals surface area contributed by atoms with Gasteiger partial charge in [0.1, 0.15) is 17.7 Å². The average Bonchev–Trinajstić information content (AvgIpc) is 3.61. The first-order valence-corrected chi connectivity index (χ1v) is 11.3. The van der Waals surface area contributed by atoms with Crippen molar-refractivity contribution < 1.29 is 13.3 Å². The highest BCUT2D eigenvalue weighted by molar-refractivity contribution is 6.08. The number of hydrogen-bond donors (Lipinski definition) is 0. The standard InChI is InChI=1S/C25H22FN9O/c1-32-14-20(13-30-32)18-10-22-24(29-16-31-35(22)15-18)33-6-8-34(9-7-33)25-27-11-19(12-28-25)23(36)17-2-4-21(26)5-3-17/h2-5,10-16H,6-9H2,1H3/i1D3. The monoisotopic (exact) mass is 486 g/mol. The van der Waals surface area contributed by atoms with Gasteiger partial charge in [0.2, 0.25) is 5.95 Å². The van der Waals surface area contributed by atoms with E-state index in [0.29, 0.717) is 48.8 Å². The Labute approximate surface area is 209 Å². The molecule has 0 radical (unpaired) electrons. The van der Waals surface area contributed by atoms with Crippen LogP contribution in [0.2, 0.25) is 0 Å². The number of anilines is 2. The molecule has 0 N–H and O–H groups in total. The van der Waals surface area contributed by atoms with Gasteiger partial charge in [-0.05, 0) is 30.3 Å². The van der Waals surface area contributed by atoms with E-state index >= 15 is 0 Å². The molecule has 180 valence electrons. The van der Waals surface area contributed by atoms with Gasteiger partial charge in [0, 0.05) is 78.7 Å². The van der Waals surface area contributed by atoms with Crippen LogP contribution in [0.1, 0.15) is 20.0 Å². The van der Waals surface area contributed by atoms with Crippen LogP contribution in [-0.4, -0.2) is 66.3 Å². The summed E-state index contributed by atoms with van der Waals surface area (Å²) in [5.41, 5.74) is 2.96. The second kappa shape index (κ2) is 8.84. The van der Waals surface area contributed by atoms with Crippen molar-refractivity contribution in [1.82, 2.24) is 34.3 Å². The lowest BCUT2D eigenvalue weighted by molar-refractivity contribution is 0.103. The van der Waals surface area contributed by atoms with Gasteiger partial charge in [0.25, 0.3) is 0 Å². The van der Waals surface area contributed by atoms with Crippen LogP contribution in [0.4, 0.5) is 16.2 Å². The highest BCUT2D eigenvalue weighted by atomic mass is 19.1. The van der Waals surface area contributed by atoms with E-state index in [0.717, 1.165) is 21.6 Å². The summed E-state index contributed by atoms with van der Waals surface area (Å²) in [6, 6.07) is 7.29. The Morgan fingerprint density at radius 2 is 1.64 bits per heavy atom. The van der Waals surface area contributed by atoms with E-state index in [-0.39, 0.29) is 5.78 Å². The van der Waals surface area contributed by atoms with Gasteiger partial charge in [0.15, 0.2) is 11.6 Å². The van der Waals surface area contributed by atoms with Crippen molar-refractivity contribution in [2.45, 2.75) is 0 Å². The molecule has 0 bridgehead atoms. The van der Waals surface area contributed by atoms with Gasteiger partial charge in [-0.15, -0.1) is 0 Å². The molecule has 1 saturated heterocycles. The number of nitrogens with zero attached hydrogens (tertiary/aromatic N) is 9. The maximum atomic E-state index is 13.2. The molecule has 5 heterocycles. The molecule has 6 rings (SSSR count). The Balaban J connectivity index is 1.15. The van der Waals surface area contributed by atoms with Crippen molar-refractivity contribution in [3.8, 4) is 11.1 Å². The zero-order valence-electron chi connectivity index (χ0n) is 22.0. The second-order valence-corrected chi connectivity index (χ2v) is 8.40. The van der Waals surface area contributed by atoms with Gasteiger partial charge in [-0.2, -0.15) is 10.2 Å². The fourth-order valence-electron chi connectivity index (χ4n) is 4.28. The lowest BCUT2D eigenvalue weighted by atomic mass is 10.1. The molecule has 0 atom stereocenters. The average molecular weight is 487 g/mol. The molecule has 1 fully saturated rings. The predicted octanol–water partition coefficient (Wildman–Crippen LogP) is 2.62. The van der Waals surface area contributed by atoms with Gasteiger partial charge in [-0.3, -0.25) is 9.48 Å². The van der Waals surface area contributed by atoms with E-state index in [9.17, 15) is 9.18 Å². The summed E-state index contributed by atoms with van der Waals surface area (Å²) < 4.78 is 38.4. The van der Waals surface area contributed by atoms with Crippen LogP contribution >= 0.6 is 0 Å². The fraction of sp³-hybridized carbons (Fsp3) is 0.200. The fourth-order valence-corrected chi connectivity index (χ4v) is 4.28. The van der Waals surface area contributed by atoms with Gasteiger partial charge in [-0.25, -0.2) is 23.9 Å². The minimum absolute atomic E-state index is 0.267. The maximum Gasteiger partial charge on any atom is 0.225 e.